The third kappa shape index (κ3) is 0.684. The third-order valence-electron chi connectivity index (χ3n) is 3.05. The number of carbonyl (C=O) groups is 1. The number of hydrogen-bond donors (Lipinski definition) is 2. The number of hydrogen-bond acceptors (Lipinski definition) is 3. The quantitative estimate of drug-likeness (QED) is 0.477. The molecule has 62 valence electrons. The second kappa shape index (κ2) is 1.76. The molecule has 4 heteroatoms. The summed E-state index contributed by atoms with van der Waals surface area (Å²) in [7, 11) is 2.04. The first-order chi connectivity index (χ1) is 5.06. The Hall–Kier alpha value is -0.610. The third-order valence-corrected chi connectivity index (χ3v) is 3.05. The maximum absolute atomic E-state index is 10.9. The van der Waals surface area contributed by atoms with Crippen molar-refractivity contribution in [3.63, 3.8) is 0 Å². The number of nitrogens with two attached hydrogens (primary N) is 2. The van der Waals surface area contributed by atoms with Gasteiger partial charge in [-0.1, -0.05) is 0 Å². The zero-order valence-electron chi connectivity index (χ0n) is 6.58. The van der Waals surface area contributed by atoms with E-state index in [1.54, 1.807) is 0 Å². The molecule has 0 aromatic rings. The summed E-state index contributed by atoms with van der Waals surface area (Å²) in [5.74, 6) is 0.315. The summed E-state index contributed by atoms with van der Waals surface area (Å²) in [4.78, 5) is 13.1. The lowest BCUT2D eigenvalue weighted by Crippen LogP contribution is -2.46. The van der Waals surface area contributed by atoms with Crippen LogP contribution in [0.25, 0.3) is 0 Å². The maximum Gasteiger partial charge on any atom is 0.238 e. The minimum Gasteiger partial charge on any atom is -0.368 e. The van der Waals surface area contributed by atoms with Crippen molar-refractivity contribution >= 4 is 5.91 Å². The summed E-state index contributed by atoms with van der Waals surface area (Å²) in [6.07, 6.45) is 0. The molecule has 1 saturated heterocycles. The average molecular weight is 155 g/mol. The van der Waals surface area contributed by atoms with E-state index in [1.807, 2.05) is 7.05 Å². The first-order valence-corrected chi connectivity index (χ1v) is 3.84. The lowest BCUT2D eigenvalue weighted by Gasteiger charge is -2.17. The van der Waals surface area contributed by atoms with Gasteiger partial charge in [-0.25, -0.2) is 0 Å². The highest BCUT2D eigenvalue weighted by atomic mass is 16.1. The smallest absolute Gasteiger partial charge is 0.238 e. The Morgan fingerprint density at radius 2 is 2.00 bits per heavy atom. The van der Waals surface area contributed by atoms with Crippen LogP contribution in [0.5, 0.6) is 0 Å². The molecule has 0 aromatic heterocycles. The summed E-state index contributed by atoms with van der Waals surface area (Å²) in [5, 5.41) is 0. The monoisotopic (exact) mass is 155 g/mol. The van der Waals surface area contributed by atoms with E-state index >= 15 is 0 Å². The van der Waals surface area contributed by atoms with E-state index in [1.165, 1.54) is 0 Å². The number of piperidine rings is 1. The molecule has 0 aromatic carbocycles. The number of carbonyl (C=O) groups excluding carboxylic acids is 1. The predicted octanol–water partition coefficient (Wildman–Crippen LogP) is -1.64. The summed E-state index contributed by atoms with van der Waals surface area (Å²) >= 11 is 0. The molecule has 4 nitrogen and oxygen atoms in total. The van der Waals surface area contributed by atoms with Crippen LogP contribution in [0.2, 0.25) is 0 Å². The molecular weight excluding hydrogens is 142 g/mol. The zero-order chi connectivity index (χ0) is 8.22. The molecule has 1 saturated carbocycles. The van der Waals surface area contributed by atoms with Crippen LogP contribution in [0.3, 0.4) is 0 Å². The Morgan fingerprint density at radius 1 is 1.55 bits per heavy atom. The molecule has 0 bridgehead atoms. The van der Waals surface area contributed by atoms with E-state index < -0.39 is 5.54 Å². The topological polar surface area (TPSA) is 72.3 Å². The summed E-state index contributed by atoms with van der Waals surface area (Å²) in [5.41, 5.74) is 10.3. The fourth-order valence-corrected chi connectivity index (χ4v) is 2.23. The van der Waals surface area contributed by atoms with Gasteiger partial charge >= 0.3 is 0 Å². The Balaban J connectivity index is 2.11. The minimum atomic E-state index is -0.660. The molecule has 2 fully saturated rings. The normalized spacial score (nSPS) is 48.9. The molecule has 0 radical (unpaired) electrons. The molecule has 2 aliphatic rings. The van der Waals surface area contributed by atoms with Crippen LogP contribution in [-0.4, -0.2) is 36.5 Å². The van der Waals surface area contributed by atoms with Gasteiger partial charge in [0, 0.05) is 24.9 Å². The highest BCUT2D eigenvalue weighted by Gasteiger charge is 2.69. The molecule has 0 spiro atoms. The Bertz CT molecular complexity index is 204. The van der Waals surface area contributed by atoms with Crippen LogP contribution in [-0.2, 0) is 4.79 Å². The van der Waals surface area contributed by atoms with Gasteiger partial charge in [-0.2, -0.15) is 0 Å². The first kappa shape index (κ1) is 7.06. The molecule has 4 N–H and O–H groups in total. The minimum absolute atomic E-state index is 0.324. The van der Waals surface area contributed by atoms with Gasteiger partial charge in [0.2, 0.25) is 5.91 Å². The zero-order valence-corrected chi connectivity index (χ0v) is 6.58. The molecule has 0 unspecified atom stereocenters. The van der Waals surface area contributed by atoms with Gasteiger partial charge in [0.15, 0.2) is 0 Å². The van der Waals surface area contributed by atoms with E-state index in [0.29, 0.717) is 11.8 Å². The molecule has 1 aliphatic carbocycles. The maximum atomic E-state index is 10.9. The number of fused-ring (bicyclic) bond motifs is 1. The molecule has 1 aliphatic heterocycles. The van der Waals surface area contributed by atoms with Crippen molar-refractivity contribution in [1.29, 1.82) is 0 Å². The highest BCUT2D eigenvalue weighted by molar-refractivity contribution is 5.89. The Kier molecular flexibility index (Phi) is 1.13. The molecular formula is C7H13N3O. The van der Waals surface area contributed by atoms with Gasteiger partial charge in [-0.3, -0.25) is 4.79 Å². The molecule has 11 heavy (non-hydrogen) atoms. The number of amides is 1. The number of primary amides is 1. The van der Waals surface area contributed by atoms with Crippen LogP contribution in [0.4, 0.5) is 0 Å². The van der Waals surface area contributed by atoms with Crippen molar-refractivity contribution in [2.75, 3.05) is 20.1 Å². The largest absolute Gasteiger partial charge is 0.368 e. The van der Waals surface area contributed by atoms with Gasteiger partial charge in [0.05, 0.1) is 0 Å². The Labute approximate surface area is 65.5 Å². The fraction of sp³-hybridized carbons (Fsp3) is 0.857. The van der Waals surface area contributed by atoms with Crippen LogP contribution >= 0.6 is 0 Å². The van der Waals surface area contributed by atoms with Crippen LogP contribution < -0.4 is 11.5 Å². The van der Waals surface area contributed by atoms with Gasteiger partial charge < -0.3 is 16.4 Å². The molecule has 2 rings (SSSR count). The summed E-state index contributed by atoms with van der Waals surface area (Å²) < 4.78 is 0. The first-order valence-electron chi connectivity index (χ1n) is 3.84. The van der Waals surface area contributed by atoms with Crippen LogP contribution in [0, 0.1) is 11.8 Å². The van der Waals surface area contributed by atoms with Crippen molar-refractivity contribution in [3.8, 4) is 0 Å². The summed E-state index contributed by atoms with van der Waals surface area (Å²) in [6, 6.07) is 0. The second-order valence-electron chi connectivity index (χ2n) is 3.73. The van der Waals surface area contributed by atoms with Crippen molar-refractivity contribution in [2.24, 2.45) is 23.3 Å². The summed E-state index contributed by atoms with van der Waals surface area (Å²) in [6.45, 7) is 1.84. The predicted molar refractivity (Wildman–Crippen MR) is 40.6 cm³/mol. The van der Waals surface area contributed by atoms with E-state index in [2.05, 4.69) is 4.90 Å². The van der Waals surface area contributed by atoms with Crippen molar-refractivity contribution in [3.05, 3.63) is 0 Å². The lowest BCUT2D eigenvalue weighted by molar-refractivity contribution is -0.121. The SMILES string of the molecule is CN1C[C@@H]2[C@H](C1)[C@@]2(N)C(N)=O. The number of rotatable bonds is 1. The molecule has 1 heterocycles. The highest BCUT2D eigenvalue weighted by Crippen LogP contribution is 2.52. The second-order valence-corrected chi connectivity index (χ2v) is 3.73. The van der Waals surface area contributed by atoms with Gasteiger partial charge in [-0.05, 0) is 7.05 Å². The lowest BCUT2D eigenvalue weighted by atomic mass is 10.1. The van der Waals surface area contributed by atoms with E-state index in [9.17, 15) is 4.79 Å². The van der Waals surface area contributed by atoms with E-state index in [-0.39, 0.29) is 5.91 Å². The van der Waals surface area contributed by atoms with Gasteiger partial charge in [-0.15, -0.1) is 0 Å². The van der Waals surface area contributed by atoms with Crippen molar-refractivity contribution in [1.82, 2.24) is 4.90 Å². The molecule has 3 atom stereocenters. The van der Waals surface area contributed by atoms with Gasteiger partial charge in [0.25, 0.3) is 0 Å². The van der Waals surface area contributed by atoms with Crippen LogP contribution in [0.15, 0.2) is 0 Å². The van der Waals surface area contributed by atoms with Crippen LogP contribution in [0.1, 0.15) is 0 Å². The van der Waals surface area contributed by atoms with Gasteiger partial charge in [0.1, 0.15) is 5.54 Å². The fourth-order valence-electron chi connectivity index (χ4n) is 2.23. The van der Waals surface area contributed by atoms with E-state index in [4.69, 9.17) is 11.5 Å². The van der Waals surface area contributed by atoms with Crippen molar-refractivity contribution < 1.29 is 4.79 Å². The Morgan fingerprint density at radius 3 is 2.36 bits per heavy atom. The van der Waals surface area contributed by atoms with Crippen molar-refractivity contribution in [2.45, 2.75) is 5.54 Å². The number of likely N-dealkylation sites (tertiary alicyclic amines) is 1. The standard InChI is InChI=1S/C7H13N3O/c1-10-2-4-5(3-10)7(4,9)6(8)11/h4-5H,2-3,9H2,1H3,(H2,8,11)/t4-,5+,7-. The molecule has 1 amide bonds. The van der Waals surface area contributed by atoms with E-state index in [0.717, 1.165) is 13.1 Å². The average Bonchev–Trinajstić information content (AvgIpc) is 2.38. The number of nitrogens with zero attached hydrogens (tertiary/aromatic N) is 1.